The molecule has 1 atom stereocenters. The van der Waals surface area contributed by atoms with E-state index in [-0.39, 0.29) is 33.8 Å². The third-order valence-electron chi connectivity index (χ3n) is 7.09. The van der Waals surface area contributed by atoms with Crippen LogP contribution in [-0.4, -0.2) is 28.7 Å². The number of anilines is 1. The van der Waals surface area contributed by atoms with E-state index in [9.17, 15) is 23.5 Å². The predicted molar refractivity (Wildman–Crippen MR) is 135 cm³/mol. The molecule has 9 heteroatoms. The van der Waals surface area contributed by atoms with Crippen LogP contribution >= 0.6 is 0 Å². The van der Waals surface area contributed by atoms with E-state index in [4.69, 9.17) is 5.73 Å². The van der Waals surface area contributed by atoms with Crippen molar-refractivity contribution in [3.8, 4) is 5.69 Å². The molecule has 3 aromatic carbocycles. The summed E-state index contributed by atoms with van der Waals surface area (Å²) in [7, 11) is 0. The maximum atomic E-state index is 15.8. The molecule has 6 nitrogen and oxygen atoms in total. The highest BCUT2D eigenvalue weighted by Gasteiger charge is 2.29. The molecule has 0 aliphatic carbocycles. The lowest BCUT2D eigenvalue weighted by atomic mass is 9.93. The van der Waals surface area contributed by atoms with Gasteiger partial charge in [0.1, 0.15) is 23.0 Å². The van der Waals surface area contributed by atoms with Crippen molar-refractivity contribution in [1.82, 2.24) is 4.57 Å². The molecule has 0 bridgehead atoms. The molecule has 0 radical (unpaired) electrons. The summed E-state index contributed by atoms with van der Waals surface area (Å²) in [6.45, 7) is 2.82. The van der Waals surface area contributed by atoms with Gasteiger partial charge in [0.15, 0.2) is 0 Å². The number of benzene rings is 3. The average molecular weight is 508 g/mol. The smallest absolute Gasteiger partial charge is 0.341 e. The van der Waals surface area contributed by atoms with Crippen LogP contribution in [0.5, 0.6) is 0 Å². The number of hydrogen-bond donors (Lipinski definition) is 2. The lowest BCUT2D eigenvalue weighted by Gasteiger charge is -2.23. The largest absolute Gasteiger partial charge is 0.477 e. The second-order valence-corrected chi connectivity index (χ2v) is 9.21. The molecule has 2 heterocycles. The van der Waals surface area contributed by atoms with Gasteiger partial charge < -0.3 is 20.3 Å². The summed E-state index contributed by atoms with van der Waals surface area (Å²) in [4.78, 5) is 26.7. The fourth-order valence-electron chi connectivity index (χ4n) is 5.24. The van der Waals surface area contributed by atoms with Crippen molar-refractivity contribution in [3.63, 3.8) is 0 Å². The van der Waals surface area contributed by atoms with Crippen molar-refractivity contribution in [3.05, 3.63) is 105 Å². The van der Waals surface area contributed by atoms with Crippen LogP contribution in [-0.2, 0) is 6.54 Å². The van der Waals surface area contributed by atoms with Crippen molar-refractivity contribution in [1.29, 1.82) is 0 Å². The molecule has 4 aromatic rings. The van der Waals surface area contributed by atoms with Gasteiger partial charge in [0.2, 0.25) is 5.43 Å². The van der Waals surface area contributed by atoms with Crippen LogP contribution in [0.2, 0.25) is 0 Å². The molecule has 0 amide bonds. The Morgan fingerprint density at radius 2 is 1.86 bits per heavy atom. The van der Waals surface area contributed by atoms with Gasteiger partial charge in [0.05, 0.1) is 22.3 Å². The van der Waals surface area contributed by atoms with Crippen LogP contribution in [0, 0.1) is 24.4 Å². The normalized spacial score (nSPS) is 15.5. The molecule has 1 fully saturated rings. The van der Waals surface area contributed by atoms with Gasteiger partial charge in [0, 0.05) is 43.4 Å². The summed E-state index contributed by atoms with van der Waals surface area (Å²) in [6.07, 6.45) is 1.75. The van der Waals surface area contributed by atoms with E-state index in [2.05, 4.69) is 0 Å². The monoisotopic (exact) mass is 507 g/mol. The van der Waals surface area contributed by atoms with Gasteiger partial charge in [-0.05, 0) is 42.7 Å². The van der Waals surface area contributed by atoms with E-state index in [1.54, 1.807) is 0 Å². The Hall–Kier alpha value is -4.11. The SMILES string of the molecule is Cc1c(F)c(N2CCC(c3ccccc3CN)C2)cc2c1c(=O)c(C(=O)O)cn2-c1ccc(F)cc1F. The Morgan fingerprint density at radius 1 is 1.11 bits per heavy atom. The Morgan fingerprint density at radius 3 is 2.57 bits per heavy atom. The number of aryl methyl sites for hydroxylation is 1. The molecular formula is C28H24F3N3O3. The predicted octanol–water partition coefficient (Wildman–Crippen LogP) is 4.87. The van der Waals surface area contributed by atoms with E-state index in [0.29, 0.717) is 25.7 Å². The van der Waals surface area contributed by atoms with Crippen LogP contribution in [0.3, 0.4) is 0 Å². The van der Waals surface area contributed by atoms with Crippen molar-refractivity contribution >= 4 is 22.6 Å². The number of carboxylic acid groups (broad SMARTS) is 1. The Kier molecular flexibility index (Phi) is 6.25. The number of halogens is 3. The van der Waals surface area contributed by atoms with E-state index < -0.39 is 34.4 Å². The molecule has 0 spiro atoms. The first-order valence-electron chi connectivity index (χ1n) is 11.8. The topological polar surface area (TPSA) is 88.6 Å². The summed E-state index contributed by atoms with van der Waals surface area (Å²) < 4.78 is 45.3. The first kappa shape index (κ1) is 24.6. The third-order valence-corrected chi connectivity index (χ3v) is 7.09. The molecule has 5 rings (SSSR count). The highest BCUT2D eigenvalue weighted by atomic mass is 19.1. The maximum absolute atomic E-state index is 15.8. The molecule has 37 heavy (non-hydrogen) atoms. The van der Waals surface area contributed by atoms with Crippen molar-refractivity contribution in [2.75, 3.05) is 18.0 Å². The number of nitrogens with zero attached hydrogens (tertiary/aromatic N) is 2. The summed E-state index contributed by atoms with van der Waals surface area (Å²) >= 11 is 0. The van der Waals surface area contributed by atoms with Crippen LogP contribution < -0.4 is 16.1 Å². The summed E-state index contributed by atoms with van der Waals surface area (Å²) in [5.41, 5.74) is 6.65. The fraction of sp³-hybridized carbons (Fsp3) is 0.214. The van der Waals surface area contributed by atoms with Crippen LogP contribution in [0.15, 0.2) is 59.5 Å². The minimum atomic E-state index is -1.53. The second kappa shape index (κ2) is 9.40. The lowest BCUT2D eigenvalue weighted by molar-refractivity contribution is 0.0695. The van der Waals surface area contributed by atoms with Crippen LogP contribution in [0.4, 0.5) is 18.9 Å². The summed E-state index contributed by atoms with van der Waals surface area (Å²) in [6, 6.07) is 12.1. The standard InChI is InChI=1S/C28H24F3N3O3/c1-15-25-23(34(14-20(27(25)35)28(36)37)22-7-6-18(29)10-21(22)30)11-24(26(15)31)33-9-8-17(13-33)19-5-3-2-4-16(19)12-32/h2-7,10-11,14,17H,8-9,12-13,32H2,1H3,(H,36,37). The number of hydrogen-bond acceptors (Lipinski definition) is 4. The van der Waals surface area contributed by atoms with Crippen molar-refractivity contribution in [2.45, 2.75) is 25.8 Å². The number of aromatic carboxylic acids is 1. The van der Waals surface area contributed by atoms with Gasteiger partial charge in [-0.2, -0.15) is 0 Å². The van der Waals surface area contributed by atoms with E-state index >= 15 is 4.39 Å². The zero-order valence-corrected chi connectivity index (χ0v) is 20.0. The first-order chi connectivity index (χ1) is 17.7. The van der Waals surface area contributed by atoms with E-state index in [0.717, 1.165) is 35.9 Å². The highest BCUT2D eigenvalue weighted by molar-refractivity contribution is 5.95. The molecule has 3 N–H and O–H groups in total. The second-order valence-electron chi connectivity index (χ2n) is 9.21. The molecular weight excluding hydrogens is 483 g/mol. The molecule has 0 saturated carbocycles. The maximum Gasteiger partial charge on any atom is 0.341 e. The molecule has 190 valence electrons. The molecule has 1 aliphatic rings. The number of nitrogens with two attached hydrogens (primary N) is 1. The Balaban J connectivity index is 1.70. The van der Waals surface area contributed by atoms with Gasteiger partial charge in [-0.25, -0.2) is 18.0 Å². The number of carbonyl (C=O) groups is 1. The zero-order chi connectivity index (χ0) is 26.4. The van der Waals surface area contributed by atoms with Crippen LogP contribution in [0.25, 0.3) is 16.6 Å². The zero-order valence-electron chi connectivity index (χ0n) is 20.0. The van der Waals surface area contributed by atoms with Gasteiger partial charge in [-0.3, -0.25) is 4.79 Å². The van der Waals surface area contributed by atoms with Crippen molar-refractivity contribution < 1.29 is 23.1 Å². The summed E-state index contributed by atoms with van der Waals surface area (Å²) in [5.74, 6) is -3.83. The minimum Gasteiger partial charge on any atom is -0.477 e. The lowest BCUT2D eigenvalue weighted by Crippen LogP contribution is -2.24. The van der Waals surface area contributed by atoms with E-state index in [1.807, 2.05) is 29.2 Å². The summed E-state index contributed by atoms with van der Waals surface area (Å²) in [5, 5.41) is 9.43. The van der Waals surface area contributed by atoms with Gasteiger partial charge in [0.25, 0.3) is 0 Å². The molecule has 1 aromatic heterocycles. The number of fused-ring (bicyclic) bond motifs is 1. The van der Waals surface area contributed by atoms with Crippen LogP contribution in [0.1, 0.15) is 39.4 Å². The number of carboxylic acids is 1. The molecule has 1 saturated heterocycles. The van der Waals surface area contributed by atoms with Gasteiger partial charge in [-0.1, -0.05) is 24.3 Å². The number of rotatable bonds is 5. The minimum absolute atomic E-state index is 0.0392. The third kappa shape index (κ3) is 4.15. The molecule has 1 aliphatic heterocycles. The number of aromatic nitrogens is 1. The van der Waals surface area contributed by atoms with Gasteiger partial charge in [-0.15, -0.1) is 0 Å². The fourth-order valence-corrected chi connectivity index (χ4v) is 5.24. The van der Waals surface area contributed by atoms with E-state index in [1.165, 1.54) is 17.6 Å². The Labute approximate surface area is 210 Å². The molecule has 1 unspecified atom stereocenters. The number of pyridine rings is 1. The van der Waals surface area contributed by atoms with Gasteiger partial charge >= 0.3 is 5.97 Å². The van der Waals surface area contributed by atoms with Crippen molar-refractivity contribution in [2.24, 2.45) is 5.73 Å². The Bertz CT molecular complexity index is 1620. The first-order valence-corrected chi connectivity index (χ1v) is 11.8. The quantitative estimate of drug-likeness (QED) is 0.403. The average Bonchev–Trinajstić information content (AvgIpc) is 3.36. The highest BCUT2D eigenvalue weighted by Crippen LogP contribution is 2.37.